The Morgan fingerprint density at radius 1 is 1.60 bits per heavy atom. The SMILES string of the molecule is COC(=O)Cn1ncc2cc(Br)cnc21. The lowest BCUT2D eigenvalue weighted by molar-refractivity contribution is -0.141. The molecule has 0 unspecified atom stereocenters. The Labute approximate surface area is 94.2 Å². The maximum absolute atomic E-state index is 11.1. The first-order chi connectivity index (χ1) is 7.20. The van der Waals surface area contributed by atoms with Gasteiger partial charge in [-0.1, -0.05) is 0 Å². The van der Waals surface area contributed by atoms with Crippen molar-refractivity contribution in [2.75, 3.05) is 7.11 Å². The number of methoxy groups -OCH3 is 1. The number of ether oxygens (including phenoxy) is 1. The van der Waals surface area contributed by atoms with E-state index in [1.165, 1.54) is 11.8 Å². The second-order valence-electron chi connectivity index (χ2n) is 2.94. The molecule has 0 spiro atoms. The van der Waals surface area contributed by atoms with Crippen LogP contribution < -0.4 is 0 Å². The Bertz CT molecular complexity index is 509. The average Bonchev–Trinajstić information content (AvgIpc) is 2.60. The minimum Gasteiger partial charge on any atom is -0.468 e. The third kappa shape index (κ3) is 1.99. The Hall–Kier alpha value is -1.43. The standard InChI is InChI=1S/C9H8BrN3O2/c1-15-8(14)5-13-9-6(3-12-13)2-7(10)4-11-9/h2-4H,5H2,1H3. The van der Waals surface area contributed by atoms with Crippen molar-refractivity contribution in [1.29, 1.82) is 0 Å². The van der Waals surface area contributed by atoms with Gasteiger partial charge in [0.05, 0.1) is 13.3 Å². The monoisotopic (exact) mass is 269 g/mol. The van der Waals surface area contributed by atoms with Crippen LogP contribution in [0.15, 0.2) is 22.9 Å². The number of halogens is 1. The predicted molar refractivity (Wildman–Crippen MR) is 57.2 cm³/mol. The van der Waals surface area contributed by atoms with E-state index in [1.807, 2.05) is 6.07 Å². The van der Waals surface area contributed by atoms with Crippen LogP contribution in [0.5, 0.6) is 0 Å². The summed E-state index contributed by atoms with van der Waals surface area (Å²) in [6.07, 6.45) is 3.33. The van der Waals surface area contributed by atoms with Gasteiger partial charge >= 0.3 is 5.97 Å². The van der Waals surface area contributed by atoms with Gasteiger partial charge in [0.15, 0.2) is 5.65 Å². The van der Waals surface area contributed by atoms with Crippen LogP contribution in [0.25, 0.3) is 11.0 Å². The minimum absolute atomic E-state index is 0.0780. The molecule has 2 heterocycles. The maximum Gasteiger partial charge on any atom is 0.327 e. The van der Waals surface area contributed by atoms with Crippen molar-refractivity contribution < 1.29 is 9.53 Å². The Morgan fingerprint density at radius 3 is 3.13 bits per heavy atom. The molecule has 0 aliphatic heterocycles. The lowest BCUT2D eigenvalue weighted by Crippen LogP contribution is -2.12. The van der Waals surface area contributed by atoms with Crippen molar-refractivity contribution in [3.8, 4) is 0 Å². The van der Waals surface area contributed by atoms with Crippen LogP contribution >= 0.6 is 15.9 Å². The number of fused-ring (bicyclic) bond motifs is 1. The Balaban J connectivity index is 2.41. The largest absolute Gasteiger partial charge is 0.468 e. The van der Waals surface area contributed by atoms with E-state index >= 15 is 0 Å². The molecule has 5 nitrogen and oxygen atoms in total. The third-order valence-electron chi connectivity index (χ3n) is 1.95. The summed E-state index contributed by atoms with van der Waals surface area (Å²) in [5.74, 6) is -0.343. The topological polar surface area (TPSA) is 57.0 Å². The molecule has 0 bridgehead atoms. The number of pyridine rings is 1. The van der Waals surface area contributed by atoms with Crippen molar-refractivity contribution in [2.45, 2.75) is 6.54 Å². The van der Waals surface area contributed by atoms with Gasteiger partial charge in [0.25, 0.3) is 0 Å². The normalized spacial score (nSPS) is 10.5. The van der Waals surface area contributed by atoms with Crippen molar-refractivity contribution in [3.05, 3.63) is 22.9 Å². The first-order valence-electron chi connectivity index (χ1n) is 4.24. The molecule has 0 aliphatic rings. The number of nitrogens with zero attached hydrogens (tertiary/aromatic N) is 3. The summed E-state index contributed by atoms with van der Waals surface area (Å²) in [7, 11) is 1.35. The van der Waals surface area contributed by atoms with Crippen molar-refractivity contribution in [3.63, 3.8) is 0 Å². The molecule has 0 atom stereocenters. The van der Waals surface area contributed by atoms with Gasteiger partial charge in [0.1, 0.15) is 6.54 Å². The summed E-state index contributed by atoms with van der Waals surface area (Å²) in [5, 5.41) is 4.94. The van der Waals surface area contributed by atoms with E-state index in [0.29, 0.717) is 5.65 Å². The summed E-state index contributed by atoms with van der Waals surface area (Å²) in [4.78, 5) is 15.2. The summed E-state index contributed by atoms with van der Waals surface area (Å²) < 4.78 is 6.95. The van der Waals surface area contributed by atoms with Gasteiger partial charge < -0.3 is 4.74 Å². The number of esters is 1. The van der Waals surface area contributed by atoms with Gasteiger partial charge in [0, 0.05) is 16.1 Å². The highest BCUT2D eigenvalue weighted by atomic mass is 79.9. The van der Waals surface area contributed by atoms with Crippen LogP contribution in [0.3, 0.4) is 0 Å². The highest BCUT2D eigenvalue weighted by molar-refractivity contribution is 9.10. The van der Waals surface area contributed by atoms with Gasteiger partial charge in [0.2, 0.25) is 0 Å². The molecule has 0 N–H and O–H groups in total. The number of hydrogen-bond acceptors (Lipinski definition) is 4. The molecule has 15 heavy (non-hydrogen) atoms. The molecule has 78 valence electrons. The van der Waals surface area contributed by atoms with Crippen molar-refractivity contribution >= 4 is 32.9 Å². The molecule has 0 saturated heterocycles. The van der Waals surface area contributed by atoms with Crippen molar-refractivity contribution in [1.82, 2.24) is 14.8 Å². The van der Waals surface area contributed by atoms with Crippen LogP contribution in [0, 0.1) is 0 Å². The predicted octanol–water partition coefficient (Wildman–Crippen LogP) is 1.37. The lowest BCUT2D eigenvalue weighted by Gasteiger charge is -2.00. The van der Waals surface area contributed by atoms with Crippen LogP contribution in [-0.4, -0.2) is 27.8 Å². The van der Waals surface area contributed by atoms with Gasteiger partial charge in [-0.3, -0.25) is 4.79 Å². The van der Waals surface area contributed by atoms with Crippen LogP contribution in [0.2, 0.25) is 0 Å². The maximum atomic E-state index is 11.1. The number of hydrogen-bond donors (Lipinski definition) is 0. The van der Waals surface area contributed by atoms with E-state index in [0.717, 1.165) is 9.86 Å². The lowest BCUT2D eigenvalue weighted by atomic mass is 10.4. The zero-order valence-corrected chi connectivity index (χ0v) is 9.56. The van der Waals surface area contributed by atoms with E-state index < -0.39 is 0 Å². The van der Waals surface area contributed by atoms with E-state index in [-0.39, 0.29) is 12.5 Å². The molecule has 2 aromatic heterocycles. The van der Waals surface area contributed by atoms with Crippen LogP contribution in [0.4, 0.5) is 0 Å². The number of carbonyl (C=O) groups is 1. The summed E-state index contributed by atoms with van der Waals surface area (Å²) >= 11 is 3.32. The molecular weight excluding hydrogens is 262 g/mol. The quantitative estimate of drug-likeness (QED) is 0.773. The van der Waals surface area contributed by atoms with E-state index in [4.69, 9.17) is 0 Å². The molecule has 2 rings (SSSR count). The molecule has 0 fully saturated rings. The molecule has 0 saturated carbocycles. The third-order valence-corrected chi connectivity index (χ3v) is 2.38. The van der Waals surface area contributed by atoms with E-state index in [2.05, 4.69) is 30.7 Å². The highest BCUT2D eigenvalue weighted by Gasteiger charge is 2.08. The Kier molecular flexibility index (Phi) is 2.68. The average molecular weight is 270 g/mol. The zero-order chi connectivity index (χ0) is 10.8. The zero-order valence-electron chi connectivity index (χ0n) is 7.98. The molecule has 0 aromatic carbocycles. The minimum atomic E-state index is -0.343. The van der Waals surface area contributed by atoms with Gasteiger partial charge in [-0.15, -0.1) is 0 Å². The van der Waals surface area contributed by atoms with Crippen molar-refractivity contribution in [2.24, 2.45) is 0 Å². The molecule has 6 heteroatoms. The summed E-state index contributed by atoms with van der Waals surface area (Å²) in [6, 6.07) is 1.89. The number of carbonyl (C=O) groups excluding carboxylic acids is 1. The molecule has 2 aromatic rings. The number of aromatic nitrogens is 3. The Morgan fingerprint density at radius 2 is 2.40 bits per heavy atom. The second kappa shape index (κ2) is 3.98. The van der Waals surface area contributed by atoms with Gasteiger partial charge in [-0.2, -0.15) is 5.10 Å². The van der Waals surface area contributed by atoms with Crippen LogP contribution in [0.1, 0.15) is 0 Å². The number of rotatable bonds is 2. The fourth-order valence-corrected chi connectivity index (χ4v) is 1.60. The second-order valence-corrected chi connectivity index (χ2v) is 3.86. The molecule has 0 radical (unpaired) electrons. The molecule has 0 amide bonds. The summed E-state index contributed by atoms with van der Waals surface area (Å²) in [5.41, 5.74) is 0.670. The summed E-state index contributed by atoms with van der Waals surface area (Å²) in [6.45, 7) is 0.0780. The van der Waals surface area contributed by atoms with E-state index in [9.17, 15) is 4.79 Å². The first kappa shape index (κ1) is 10.1. The van der Waals surface area contributed by atoms with Gasteiger partial charge in [-0.05, 0) is 22.0 Å². The molecular formula is C9H8BrN3O2. The van der Waals surface area contributed by atoms with Gasteiger partial charge in [-0.25, -0.2) is 9.67 Å². The smallest absolute Gasteiger partial charge is 0.327 e. The van der Waals surface area contributed by atoms with E-state index in [1.54, 1.807) is 12.4 Å². The fourth-order valence-electron chi connectivity index (χ4n) is 1.25. The highest BCUT2D eigenvalue weighted by Crippen LogP contribution is 2.16. The molecule has 0 aliphatic carbocycles. The first-order valence-corrected chi connectivity index (χ1v) is 5.04. The fraction of sp³-hybridized carbons (Fsp3) is 0.222. The van der Waals surface area contributed by atoms with Crippen LogP contribution in [-0.2, 0) is 16.1 Å².